The van der Waals surface area contributed by atoms with Crippen molar-refractivity contribution < 1.29 is 14.7 Å². The van der Waals surface area contributed by atoms with Gasteiger partial charge in [0, 0.05) is 18.5 Å². The summed E-state index contributed by atoms with van der Waals surface area (Å²) in [6, 6.07) is 9.33. The summed E-state index contributed by atoms with van der Waals surface area (Å²) in [6.45, 7) is 1.26. The van der Waals surface area contributed by atoms with Crippen molar-refractivity contribution in [3.05, 3.63) is 47.8 Å². The molecule has 0 saturated heterocycles. The average Bonchev–Trinajstić information content (AvgIpc) is 2.37. The molecule has 0 aliphatic heterocycles. The van der Waals surface area contributed by atoms with Gasteiger partial charge in [0.05, 0.1) is 5.52 Å². The van der Waals surface area contributed by atoms with Crippen LogP contribution in [0, 0.1) is 0 Å². The SMILES string of the molecule is CC(=O)NC(=Cc1cnc2ccccc2c1)C(=O)O. The summed E-state index contributed by atoms with van der Waals surface area (Å²) >= 11 is 0. The molecule has 0 aliphatic carbocycles. The van der Waals surface area contributed by atoms with Crippen molar-refractivity contribution in [1.82, 2.24) is 10.3 Å². The predicted octanol–water partition coefficient (Wildman–Crippen LogP) is 1.80. The number of pyridine rings is 1. The number of carboxylic acid groups (broad SMARTS) is 1. The molecule has 0 fully saturated rings. The third-order valence-electron chi connectivity index (χ3n) is 2.46. The van der Waals surface area contributed by atoms with Crippen LogP contribution in [0.5, 0.6) is 0 Å². The minimum atomic E-state index is -1.19. The number of carboxylic acids is 1. The van der Waals surface area contributed by atoms with Gasteiger partial charge in [-0.2, -0.15) is 0 Å². The van der Waals surface area contributed by atoms with Crippen LogP contribution < -0.4 is 5.32 Å². The van der Waals surface area contributed by atoms with E-state index in [1.807, 2.05) is 30.3 Å². The van der Waals surface area contributed by atoms with Crippen molar-refractivity contribution in [1.29, 1.82) is 0 Å². The van der Waals surface area contributed by atoms with Gasteiger partial charge in [-0.05, 0) is 23.8 Å². The van der Waals surface area contributed by atoms with E-state index in [0.29, 0.717) is 5.56 Å². The van der Waals surface area contributed by atoms with E-state index in [1.54, 1.807) is 6.20 Å². The number of nitrogens with zero attached hydrogens (tertiary/aromatic N) is 1. The van der Waals surface area contributed by atoms with E-state index in [0.717, 1.165) is 10.9 Å². The molecule has 2 N–H and O–H groups in total. The van der Waals surface area contributed by atoms with Gasteiger partial charge < -0.3 is 10.4 Å². The first-order valence-electron chi connectivity index (χ1n) is 5.63. The Balaban J connectivity index is 2.42. The van der Waals surface area contributed by atoms with Gasteiger partial charge in [0.15, 0.2) is 0 Å². The lowest BCUT2D eigenvalue weighted by molar-refractivity contribution is -0.134. The van der Waals surface area contributed by atoms with Crippen LogP contribution in [-0.2, 0) is 9.59 Å². The number of amides is 1. The van der Waals surface area contributed by atoms with Gasteiger partial charge in [0.2, 0.25) is 5.91 Å². The van der Waals surface area contributed by atoms with Gasteiger partial charge in [-0.1, -0.05) is 18.2 Å². The number of para-hydroxylation sites is 1. The average molecular weight is 256 g/mol. The number of carbonyl (C=O) groups excluding carboxylic acids is 1. The topological polar surface area (TPSA) is 79.3 Å². The second kappa shape index (κ2) is 5.30. The third-order valence-corrected chi connectivity index (χ3v) is 2.46. The first-order chi connectivity index (χ1) is 9.06. The summed E-state index contributed by atoms with van der Waals surface area (Å²) in [7, 11) is 0. The Morgan fingerprint density at radius 2 is 2.05 bits per heavy atom. The fourth-order valence-electron chi connectivity index (χ4n) is 1.67. The van der Waals surface area contributed by atoms with Gasteiger partial charge in [0.1, 0.15) is 5.70 Å². The van der Waals surface area contributed by atoms with Crippen molar-refractivity contribution in [3.8, 4) is 0 Å². The Hall–Kier alpha value is -2.69. The molecule has 0 spiro atoms. The molecule has 0 saturated carbocycles. The maximum absolute atomic E-state index is 11.0. The number of hydrogen-bond donors (Lipinski definition) is 2. The Kier molecular flexibility index (Phi) is 3.56. The van der Waals surface area contributed by atoms with Crippen molar-refractivity contribution in [3.63, 3.8) is 0 Å². The van der Waals surface area contributed by atoms with Crippen LogP contribution in [0.3, 0.4) is 0 Å². The maximum Gasteiger partial charge on any atom is 0.352 e. The maximum atomic E-state index is 11.0. The molecular weight excluding hydrogens is 244 g/mol. The van der Waals surface area contributed by atoms with Crippen LogP contribution in [0.15, 0.2) is 42.2 Å². The number of nitrogens with one attached hydrogen (secondary N) is 1. The molecule has 0 aliphatic rings. The number of carbonyl (C=O) groups is 2. The molecule has 0 atom stereocenters. The molecule has 5 heteroatoms. The zero-order valence-corrected chi connectivity index (χ0v) is 10.3. The highest BCUT2D eigenvalue weighted by atomic mass is 16.4. The molecule has 1 aromatic carbocycles. The molecule has 0 radical (unpaired) electrons. The largest absolute Gasteiger partial charge is 0.477 e. The fraction of sp³-hybridized carbons (Fsp3) is 0.0714. The van der Waals surface area contributed by atoms with E-state index in [9.17, 15) is 9.59 Å². The molecule has 96 valence electrons. The number of hydrogen-bond acceptors (Lipinski definition) is 3. The van der Waals surface area contributed by atoms with E-state index in [4.69, 9.17) is 5.11 Å². The highest BCUT2D eigenvalue weighted by molar-refractivity contribution is 5.96. The molecule has 2 aromatic rings. The zero-order valence-electron chi connectivity index (χ0n) is 10.3. The van der Waals surface area contributed by atoms with Crippen molar-refractivity contribution in [2.24, 2.45) is 0 Å². The molecule has 19 heavy (non-hydrogen) atoms. The van der Waals surface area contributed by atoms with Crippen LogP contribution in [-0.4, -0.2) is 22.0 Å². The van der Waals surface area contributed by atoms with Crippen LogP contribution in [0.2, 0.25) is 0 Å². The number of benzene rings is 1. The minimum Gasteiger partial charge on any atom is -0.477 e. The second-order valence-corrected chi connectivity index (χ2v) is 4.01. The molecule has 5 nitrogen and oxygen atoms in total. The number of aromatic nitrogens is 1. The fourth-order valence-corrected chi connectivity index (χ4v) is 1.67. The molecule has 1 aromatic heterocycles. The van der Waals surface area contributed by atoms with Crippen molar-refractivity contribution >= 4 is 28.9 Å². The quantitative estimate of drug-likeness (QED) is 0.821. The molecule has 1 heterocycles. The lowest BCUT2D eigenvalue weighted by atomic mass is 10.1. The second-order valence-electron chi connectivity index (χ2n) is 4.01. The predicted molar refractivity (Wildman–Crippen MR) is 71.2 cm³/mol. The number of fused-ring (bicyclic) bond motifs is 1. The first kappa shape index (κ1) is 12.8. The number of aliphatic carboxylic acids is 1. The molecular formula is C14H12N2O3. The summed E-state index contributed by atoms with van der Waals surface area (Å²) in [5, 5.41) is 12.2. The van der Waals surface area contributed by atoms with E-state index >= 15 is 0 Å². The lowest BCUT2D eigenvalue weighted by Gasteiger charge is -2.03. The van der Waals surface area contributed by atoms with E-state index in [-0.39, 0.29) is 5.70 Å². The summed E-state index contributed by atoms with van der Waals surface area (Å²) in [6.07, 6.45) is 2.94. The summed E-state index contributed by atoms with van der Waals surface area (Å²) < 4.78 is 0. The van der Waals surface area contributed by atoms with E-state index < -0.39 is 11.9 Å². The van der Waals surface area contributed by atoms with Gasteiger partial charge in [0.25, 0.3) is 0 Å². The van der Waals surface area contributed by atoms with Gasteiger partial charge in [-0.3, -0.25) is 9.78 Å². The molecule has 1 amide bonds. The Bertz CT molecular complexity index is 677. The Morgan fingerprint density at radius 1 is 1.32 bits per heavy atom. The highest BCUT2D eigenvalue weighted by Crippen LogP contribution is 2.14. The van der Waals surface area contributed by atoms with Gasteiger partial charge in [-0.15, -0.1) is 0 Å². The smallest absolute Gasteiger partial charge is 0.352 e. The highest BCUT2D eigenvalue weighted by Gasteiger charge is 2.09. The van der Waals surface area contributed by atoms with E-state index in [2.05, 4.69) is 10.3 Å². The van der Waals surface area contributed by atoms with Crippen molar-refractivity contribution in [2.75, 3.05) is 0 Å². The van der Waals surface area contributed by atoms with Gasteiger partial charge >= 0.3 is 5.97 Å². The molecule has 0 unspecified atom stereocenters. The summed E-state index contributed by atoms with van der Waals surface area (Å²) in [5.41, 5.74) is 1.27. The van der Waals surface area contributed by atoms with Crippen LogP contribution in [0.25, 0.3) is 17.0 Å². The molecule has 0 bridgehead atoms. The van der Waals surface area contributed by atoms with Crippen molar-refractivity contribution in [2.45, 2.75) is 6.92 Å². The minimum absolute atomic E-state index is 0.176. The van der Waals surface area contributed by atoms with Crippen LogP contribution >= 0.6 is 0 Å². The summed E-state index contributed by atoms with van der Waals surface area (Å²) in [4.78, 5) is 26.2. The standard InChI is InChI=1S/C14H12N2O3/c1-9(17)16-13(14(18)19)7-10-6-11-4-2-3-5-12(11)15-8-10/h2-8H,1H3,(H,16,17)(H,18,19). The summed E-state index contributed by atoms with van der Waals surface area (Å²) in [5.74, 6) is -1.62. The number of rotatable bonds is 3. The lowest BCUT2D eigenvalue weighted by Crippen LogP contribution is -2.24. The Labute approximate surface area is 109 Å². The Morgan fingerprint density at radius 3 is 2.74 bits per heavy atom. The monoisotopic (exact) mass is 256 g/mol. The molecule has 2 rings (SSSR count). The third kappa shape index (κ3) is 3.16. The van der Waals surface area contributed by atoms with E-state index in [1.165, 1.54) is 13.0 Å². The van der Waals surface area contributed by atoms with Gasteiger partial charge in [-0.25, -0.2) is 4.79 Å². The van der Waals surface area contributed by atoms with Crippen LogP contribution in [0.4, 0.5) is 0 Å². The first-order valence-corrected chi connectivity index (χ1v) is 5.63. The normalized spacial score (nSPS) is 11.3. The van der Waals surface area contributed by atoms with Crippen LogP contribution in [0.1, 0.15) is 12.5 Å². The zero-order chi connectivity index (χ0) is 13.8.